The summed E-state index contributed by atoms with van der Waals surface area (Å²) in [5.41, 5.74) is -0.368. The van der Waals surface area contributed by atoms with Crippen molar-refractivity contribution in [3.63, 3.8) is 0 Å². The van der Waals surface area contributed by atoms with Crippen LogP contribution in [0.2, 0.25) is 0 Å². The Kier molecular flexibility index (Phi) is 9.94. The summed E-state index contributed by atoms with van der Waals surface area (Å²) >= 11 is 0. The summed E-state index contributed by atoms with van der Waals surface area (Å²) in [7, 11) is 0. The summed E-state index contributed by atoms with van der Waals surface area (Å²) < 4.78 is 5.24. The Hall–Kier alpha value is -0.570. The Morgan fingerprint density at radius 2 is 1.68 bits per heavy atom. The number of unbranched alkanes of at least 4 members (excludes halogenated alkanes) is 3. The third-order valence-electron chi connectivity index (χ3n) is 2.81. The van der Waals surface area contributed by atoms with Crippen LogP contribution in [0, 0.1) is 5.92 Å². The second-order valence-corrected chi connectivity index (χ2v) is 6.68. The van der Waals surface area contributed by atoms with Crippen molar-refractivity contribution in [1.29, 1.82) is 0 Å². The highest BCUT2D eigenvalue weighted by atomic mass is 16.6. The standard InChI is InChI=1S/C16H33NO2/c1-14(2)10-8-6-7-9-12-17-13-11-15(18)19-16(3,4)5/h14,17H,6-13H2,1-5H3. The van der Waals surface area contributed by atoms with Crippen LogP contribution in [0.15, 0.2) is 0 Å². The number of carbonyl (C=O) groups excluding carboxylic acids is 1. The molecule has 0 bridgehead atoms. The number of hydrogen-bond acceptors (Lipinski definition) is 3. The molecule has 0 aliphatic rings. The first-order valence-electron chi connectivity index (χ1n) is 7.74. The molecule has 114 valence electrons. The molecular weight excluding hydrogens is 238 g/mol. The fourth-order valence-corrected chi connectivity index (χ4v) is 1.86. The van der Waals surface area contributed by atoms with Gasteiger partial charge in [0.05, 0.1) is 6.42 Å². The molecule has 19 heavy (non-hydrogen) atoms. The molecule has 0 radical (unpaired) electrons. The van der Waals surface area contributed by atoms with E-state index in [4.69, 9.17) is 4.74 Å². The zero-order valence-electron chi connectivity index (χ0n) is 13.6. The maximum atomic E-state index is 11.4. The monoisotopic (exact) mass is 271 g/mol. The minimum Gasteiger partial charge on any atom is -0.460 e. The highest BCUT2D eigenvalue weighted by Crippen LogP contribution is 2.09. The van der Waals surface area contributed by atoms with Gasteiger partial charge >= 0.3 is 5.97 Å². The second kappa shape index (κ2) is 10.2. The first-order chi connectivity index (χ1) is 8.81. The maximum absolute atomic E-state index is 11.4. The fraction of sp³-hybridized carbons (Fsp3) is 0.938. The van der Waals surface area contributed by atoms with Crippen LogP contribution >= 0.6 is 0 Å². The summed E-state index contributed by atoms with van der Waals surface area (Å²) in [6, 6.07) is 0. The van der Waals surface area contributed by atoms with E-state index in [9.17, 15) is 4.79 Å². The van der Waals surface area contributed by atoms with E-state index in [1.165, 1.54) is 32.1 Å². The predicted octanol–water partition coefficient (Wildman–Crippen LogP) is 3.91. The molecule has 0 aliphatic heterocycles. The molecule has 0 heterocycles. The SMILES string of the molecule is CC(C)CCCCCCNCCC(=O)OC(C)(C)C. The van der Waals surface area contributed by atoms with Crippen molar-refractivity contribution in [2.75, 3.05) is 13.1 Å². The quantitative estimate of drug-likeness (QED) is 0.483. The van der Waals surface area contributed by atoms with Crippen molar-refractivity contribution < 1.29 is 9.53 Å². The molecule has 1 N–H and O–H groups in total. The van der Waals surface area contributed by atoms with Gasteiger partial charge in [0.2, 0.25) is 0 Å². The van der Waals surface area contributed by atoms with Crippen LogP contribution in [0.1, 0.15) is 73.1 Å². The average Bonchev–Trinajstić information content (AvgIpc) is 2.24. The average molecular weight is 271 g/mol. The molecule has 0 saturated carbocycles. The van der Waals surface area contributed by atoms with Gasteiger partial charge in [-0.2, -0.15) is 0 Å². The van der Waals surface area contributed by atoms with Crippen molar-refractivity contribution in [2.45, 2.75) is 78.7 Å². The van der Waals surface area contributed by atoms with Crippen molar-refractivity contribution in [3.8, 4) is 0 Å². The predicted molar refractivity (Wildman–Crippen MR) is 81.3 cm³/mol. The van der Waals surface area contributed by atoms with Crippen LogP contribution in [-0.2, 0) is 9.53 Å². The lowest BCUT2D eigenvalue weighted by molar-refractivity contribution is -0.154. The summed E-state index contributed by atoms with van der Waals surface area (Å²) in [5.74, 6) is 0.712. The van der Waals surface area contributed by atoms with Crippen LogP contribution in [-0.4, -0.2) is 24.7 Å². The van der Waals surface area contributed by atoms with Gasteiger partial charge in [-0.15, -0.1) is 0 Å². The Morgan fingerprint density at radius 1 is 1.05 bits per heavy atom. The second-order valence-electron chi connectivity index (χ2n) is 6.68. The normalized spacial score (nSPS) is 11.9. The molecule has 0 spiro atoms. The largest absolute Gasteiger partial charge is 0.460 e. The number of carbonyl (C=O) groups is 1. The number of esters is 1. The zero-order chi connectivity index (χ0) is 14.7. The smallest absolute Gasteiger partial charge is 0.307 e. The number of nitrogens with one attached hydrogen (secondary N) is 1. The number of rotatable bonds is 10. The van der Waals surface area contributed by atoms with E-state index in [-0.39, 0.29) is 11.6 Å². The zero-order valence-corrected chi connectivity index (χ0v) is 13.6. The molecule has 0 amide bonds. The van der Waals surface area contributed by atoms with E-state index >= 15 is 0 Å². The molecule has 0 aromatic carbocycles. The summed E-state index contributed by atoms with van der Waals surface area (Å²) in [6.07, 6.45) is 6.96. The minimum atomic E-state index is -0.368. The van der Waals surface area contributed by atoms with Gasteiger partial charge < -0.3 is 10.1 Å². The third kappa shape index (κ3) is 15.4. The molecule has 3 nitrogen and oxygen atoms in total. The van der Waals surface area contributed by atoms with Gasteiger partial charge in [0.15, 0.2) is 0 Å². The Labute approximate surface area is 119 Å². The van der Waals surface area contributed by atoms with Crippen LogP contribution < -0.4 is 5.32 Å². The molecule has 0 saturated heterocycles. The summed E-state index contributed by atoms with van der Waals surface area (Å²) in [4.78, 5) is 11.4. The van der Waals surface area contributed by atoms with Gasteiger partial charge in [0, 0.05) is 6.54 Å². The molecule has 0 fully saturated rings. The maximum Gasteiger partial charge on any atom is 0.307 e. The first-order valence-corrected chi connectivity index (χ1v) is 7.74. The van der Waals surface area contributed by atoms with Gasteiger partial charge in [-0.1, -0.05) is 39.5 Å². The van der Waals surface area contributed by atoms with Crippen LogP contribution in [0.5, 0.6) is 0 Å². The number of hydrogen-bond donors (Lipinski definition) is 1. The van der Waals surface area contributed by atoms with Gasteiger partial charge in [0.1, 0.15) is 5.60 Å². The van der Waals surface area contributed by atoms with E-state index in [1.807, 2.05) is 20.8 Å². The van der Waals surface area contributed by atoms with E-state index in [1.54, 1.807) is 0 Å². The van der Waals surface area contributed by atoms with E-state index in [0.717, 1.165) is 19.0 Å². The lowest BCUT2D eigenvalue weighted by Crippen LogP contribution is -2.27. The van der Waals surface area contributed by atoms with Gasteiger partial charge in [-0.05, 0) is 39.7 Å². The Bertz CT molecular complexity index is 231. The van der Waals surface area contributed by atoms with Gasteiger partial charge in [-0.25, -0.2) is 0 Å². The Morgan fingerprint density at radius 3 is 2.26 bits per heavy atom. The van der Waals surface area contributed by atoms with Crippen molar-refractivity contribution >= 4 is 5.97 Å². The highest BCUT2D eigenvalue weighted by Gasteiger charge is 2.15. The molecule has 0 aromatic heterocycles. The molecule has 3 heteroatoms. The van der Waals surface area contributed by atoms with Crippen molar-refractivity contribution in [3.05, 3.63) is 0 Å². The van der Waals surface area contributed by atoms with E-state index < -0.39 is 0 Å². The van der Waals surface area contributed by atoms with Crippen LogP contribution in [0.4, 0.5) is 0 Å². The lowest BCUT2D eigenvalue weighted by atomic mass is 10.0. The van der Waals surface area contributed by atoms with Gasteiger partial charge in [0.25, 0.3) is 0 Å². The van der Waals surface area contributed by atoms with E-state index in [0.29, 0.717) is 6.42 Å². The summed E-state index contributed by atoms with van der Waals surface area (Å²) in [6.45, 7) is 12.0. The first kappa shape index (κ1) is 18.4. The molecule has 0 aliphatic carbocycles. The lowest BCUT2D eigenvalue weighted by Gasteiger charge is -2.19. The van der Waals surface area contributed by atoms with Gasteiger partial charge in [-0.3, -0.25) is 4.79 Å². The van der Waals surface area contributed by atoms with E-state index in [2.05, 4.69) is 19.2 Å². The molecule has 0 aromatic rings. The molecule has 0 unspecified atom stereocenters. The summed E-state index contributed by atoms with van der Waals surface area (Å²) in [5, 5.41) is 3.30. The molecule has 0 atom stereocenters. The molecular formula is C16H33NO2. The topological polar surface area (TPSA) is 38.3 Å². The van der Waals surface area contributed by atoms with Crippen molar-refractivity contribution in [1.82, 2.24) is 5.32 Å². The third-order valence-corrected chi connectivity index (χ3v) is 2.81. The highest BCUT2D eigenvalue weighted by molar-refractivity contribution is 5.70. The Balaban J connectivity index is 3.25. The number of ether oxygens (including phenoxy) is 1. The minimum absolute atomic E-state index is 0.114. The van der Waals surface area contributed by atoms with Crippen molar-refractivity contribution in [2.24, 2.45) is 5.92 Å². The fourth-order valence-electron chi connectivity index (χ4n) is 1.86. The molecule has 0 rings (SSSR count). The van der Waals surface area contributed by atoms with Crippen LogP contribution in [0.25, 0.3) is 0 Å². The van der Waals surface area contributed by atoms with Crippen LogP contribution in [0.3, 0.4) is 0 Å².